The Kier molecular flexibility index (Phi) is 3.26. The molecule has 2 aliphatic rings. The Morgan fingerprint density at radius 1 is 1.38 bits per heavy atom. The molecule has 0 aromatic carbocycles. The fourth-order valence-electron chi connectivity index (χ4n) is 3.35. The maximum atomic E-state index is 12.6. The molecule has 1 aromatic heterocycles. The minimum atomic E-state index is -0.724. The second-order valence-electron chi connectivity index (χ2n) is 6.33. The number of amides is 1. The Morgan fingerprint density at radius 2 is 2.00 bits per heavy atom. The molecular weight excluding hydrogens is 270 g/mol. The predicted molar refractivity (Wildman–Crippen MR) is 76.0 cm³/mol. The van der Waals surface area contributed by atoms with E-state index in [2.05, 4.69) is 18.9 Å². The van der Waals surface area contributed by atoms with Gasteiger partial charge < -0.3 is 10.0 Å². The average molecular weight is 291 g/mol. The van der Waals surface area contributed by atoms with Crippen molar-refractivity contribution in [1.82, 2.24) is 14.7 Å². The molecule has 114 valence electrons. The van der Waals surface area contributed by atoms with Crippen molar-refractivity contribution in [3.05, 3.63) is 17.5 Å². The van der Waals surface area contributed by atoms with Crippen LogP contribution in [0.15, 0.2) is 6.07 Å². The first-order valence-electron chi connectivity index (χ1n) is 7.53. The Hall–Kier alpha value is -1.85. The van der Waals surface area contributed by atoms with Crippen molar-refractivity contribution < 1.29 is 14.7 Å². The molecule has 0 spiro atoms. The number of carbonyl (C=O) groups is 2. The Morgan fingerprint density at radius 3 is 2.48 bits per heavy atom. The maximum absolute atomic E-state index is 12.6. The number of aryl methyl sites for hydroxylation is 1. The molecule has 6 nitrogen and oxygen atoms in total. The molecule has 2 fully saturated rings. The lowest BCUT2D eigenvalue weighted by molar-refractivity contribution is -0.139. The lowest BCUT2D eigenvalue weighted by Gasteiger charge is -2.19. The number of carbonyl (C=O) groups excluding carboxylic acids is 1. The van der Waals surface area contributed by atoms with E-state index < -0.39 is 5.97 Å². The van der Waals surface area contributed by atoms with Crippen LogP contribution in [0, 0.1) is 17.8 Å². The normalized spacial score (nSPS) is 27.0. The molecule has 21 heavy (non-hydrogen) atoms. The predicted octanol–water partition coefficient (Wildman–Crippen LogP) is 1.43. The third kappa shape index (κ3) is 2.22. The Balaban J connectivity index is 1.74. The van der Waals surface area contributed by atoms with E-state index in [4.69, 9.17) is 5.11 Å². The zero-order valence-electron chi connectivity index (χ0n) is 12.6. The number of nitrogens with zero attached hydrogens (tertiary/aromatic N) is 3. The molecule has 1 amide bonds. The van der Waals surface area contributed by atoms with Gasteiger partial charge in [-0.25, -0.2) is 0 Å². The number of aromatic nitrogens is 2. The molecule has 1 saturated heterocycles. The summed E-state index contributed by atoms with van der Waals surface area (Å²) in [5.41, 5.74) is 1.54. The molecule has 1 N–H and O–H groups in total. The molecule has 1 aromatic rings. The van der Waals surface area contributed by atoms with Crippen LogP contribution in [0.2, 0.25) is 0 Å². The van der Waals surface area contributed by atoms with Crippen LogP contribution in [0.25, 0.3) is 0 Å². The van der Waals surface area contributed by atoms with E-state index in [1.165, 1.54) is 0 Å². The second kappa shape index (κ2) is 4.86. The van der Waals surface area contributed by atoms with Crippen LogP contribution in [-0.4, -0.2) is 44.8 Å². The first kappa shape index (κ1) is 14.1. The lowest BCUT2D eigenvalue weighted by atomic mass is 10.1. The summed E-state index contributed by atoms with van der Waals surface area (Å²) in [6, 6.07) is 1.87. The zero-order valence-corrected chi connectivity index (χ0v) is 12.6. The zero-order chi connectivity index (χ0) is 15.3. The smallest absolute Gasteiger partial charge is 0.307 e. The van der Waals surface area contributed by atoms with Crippen molar-refractivity contribution in [3.63, 3.8) is 0 Å². The SMILES string of the molecule is CCn1nc(C(C)C)cc1C(=O)N1C[C@@H]2C(C(=O)O)[C@@H]2C1. The largest absolute Gasteiger partial charge is 0.481 e. The fourth-order valence-corrected chi connectivity index (χ4v) is 3.35. The van der Waals surface area contributed by atoms with Crippen LogP contribution in [0.3, 0.4) is 0 Å². The Bertz CT molecular complexity index is 581. The number of likely N-dealkylation sites (tertiary alicyclic amines) is 1. The molecule has 1 aliphatic heterocycles. The van der Waals surface area contributed by atoms with E-state index in [1.54, 1.807) is 9.58 Å². The number of aliphatic carboxylic acids is 1. The van der Waals surface area contributed by atoms with Crippen molar-refractivity contribution in [2.75, 3.05) is 13.1 Å². The van der Waals surface area contributed by atoms with Crippen LogP contribution in [0.5, 0.6) is 0 Å². The van der Waals surface area contributed by atoms with Gasteiger partial charge in [-0.3, -0.25) is 14.3 Å². The maximum Gasteiger partial charge on any atom is 0.307 e. The molecule has 1 saturated carbocycles. The van der Waals surface area contributed by atoms with Gasteiger partial charge in [0.15, 0.2) is 0 Å². The van der Waals surface area contributed by atoms with Crippen molar-refractivity contribution in [2.24, 2.45) is 17.8 Å². The average Bonchev–Trinajstić information content (AvgIpc) is 2.81. The van der Waals surface area contributed by atoms with Crippen molar-refractivity contribution in [3.8, 4) is 0 Å². The molecule has 2 heterocycles. The summed E-state index contributed by atoms with van der Waals surface area (Å²) in [5.74, 6) is -0.405. The first-order chi connectivity index (χ1) is 9.93. The van der Waals surface area contributed by atoms with E-state index in [9.17, 15) is 9.59 Å². The summed E-state index contributed by atoms with van der Waals surface area (Å²) >= 11 is 0. The van der Waals surface area contributed by atoms with Gasteiger partial charge in [0.2, 0.25) is 0 Å². The monoisotopic (exact) mass is 291 g/mol. The summed E-state index contributed by atoms with van der Waals surface area (Å²) in [6.07, 6.45) is 0. The molecule has 3 atom stereocenters. The van der Waals surface area contributed by atoms with Gasteiger partial charge in [0.05, 0.1) is 11.6 Å². The van der Waals surface area contributed by atoms with E-state index >= 15 is 0 Å². The Labute approximate surface area is 123 Å². The quantitative estimate of drug-likeness (QED) is 0.910. The molecule has 6 heteroatoms. The number of fused-ring (bicyclic) bond motifs is 1. The second-order valence-corrected chi connectivity index (χ2v) is 6.33. The number of carboxylic acids is 1. The summed E-state index contributed by atoms with van der Waals surface area (Å²) < 4.78 is 1.75. The number of carboxylic acid groups (broad SMARTS) is 1. The summed E-state index contributed by atoms with van der Waals surface area (Å²) in [6.45, 7) is 7.86. The van der Waals surface area contributed by atoms with Gasteiger partial charge in [-0.15, -0.1) is 0 Å². The minimum absolute atomic E-state index is 0.0208. The minimum Gasteiger partial charge on any atom is -0.481 e. The number of hydrogen-bond acceptors (Lipinski definition) is 3. The number of piperidine rings is 1. The van der Waals surface area contributed by atoms with Gasteiger partial charge in [-0.05, 0) is 30.7 Å². The highest BCUT2D eigenvalue weighted by atomic mass is 16.4. The molecule has 1 unspecified atom stereocenters. The third-order valence-electron chi connectivity index (χ3n) is 4.68. The van der Waals surface area contributed by atoms with Crippen LogP contribution < -0.4 is 0 Å². The van der Waals surface area contributed by atoms with Crippen LogP contribution >= 0.6 is 0 Å². The molecule has 1 aliphatic carbocycles. The van der Waals surface area contributed by atoms with E-state index in [0.29, 0.717) is 25.3 Å². The van der Waals surface area contributed by atoms with Gasteiger partial charge in [-0.1, -0.05) is 13.8 Å². The molecule has 3 rings (SSSR count). The highest BCUT2D eigenvalue weighted by Crippen LogP contribution is 2.51. The first-order valence-corrected chi connectivity index (χ1v) is 7.53. The summed E-state index contributed by atoms with van der Waals surface area (Å²) in [7, 11) is 0. The standard InChI is InChI=1S/C15H21N3O3/c1-4-18-12(5-11(16-18)8(2)3)14(19)17-6-9-10(7-17)13(9)15(20)21/h5,8-10,13H,4,6-7H2,1-3H3,(H,20,21)/t9-,10+,13?. The van der Waals surface area contributed by atoms with Gasteiger partial charge >= 0.3 is 5.97 Å². The molecule has 0 radical (unpaired) electrons. The van der Waals surface area contributed by atoms with Gasteiger partial charge in [-0.2, -0.15) is 5.10 Å². The number of rotatable bonds is 4. The van der Waals surface area contributed by atoms with Crippen molar-refractivity contribution >= 4 is 11.9 Å². The van der Waals surface area contributed by atoms with Gasteiger partial charge in [0.25, 0.3) is 5.91 Å². The van der Waals surface area contributed by atoms with Crippen LogP contribution in [-0.2, 0) is 11.3 Å². The van der Waals surface area contributed by atoms with Gasteiger partial charge in [0.1, 0.15) is 5.69 Å². The highest BCUT2D eigenvalue weighted by molar-refractivity contribution is 5.93. The van der Waals surface area contributed by atoms with E-state index in [1.807, 2.05) is 13.0 Å². The van der Waals surface area contributed by atoms with Crippen molar-refractivity contribution in [2.45, 2.75) is 33.2 Å². The topological polar surface area (TPSA) is 75.4 Å². The summed E-state index contributed by atoms with van der Waals surface area (Å²) in [5, 5.41) is 13.5. The molecular formula is C15H21N3O3. The lowest BCUT2D eigenvalue weighted by Crippen LogP contribution is -2.34. The van der Waals surface area contributed by atoms with Crippen molar-refractivity contribution in [1.29, 1.82) is 0 Å². The van der Waals surface area contributed by atoms with Crippen LogP contribution in [0.1, 0.15) is 42.9 Å². The highest BCUT2D eigenvalue weighted by Gasteiger charge is 2.60. The summed E-state index contributed by atoms with van der Waals surface area (Å²) in [4.78, 5) is 25.4. The van der Waals surface area contributed by atoms with E-state index in [0.717, 1.165) is 5.69 Å². The third-order valence-corrected chi connectivity index (χ3v) is 4.68. The molecule has 0 bridgehead atoms. The van der Waals surface area contributed by atoms with Crippen LogP contribution in [0.4, 0.5) is 0 Å². The van der Waals surface area contributed by atoms with Gasteiger partial charge in [0, 0.05) is 19.6 Å². The number of hydrogen-bond donors (Lipinski definition) is 1. The fraction of sp³-hybridized carbons (Fsp3) is 0.667. The van der Waals surface area contributed by atoms with E-state index in [-0.39, 0.29) is 29.6 Å².